The molecule has 1 amide bonds. The first-order valence-electron chi connectivity index (χ1n) is 6.24. The summed E-state index contributed by atoms with van der Waals surface area (Å²) in [6, 6.07) is 1.97. The molecular formula is C13H20N2O. The third-order valence-corrected chi connectivity index (χ3v) is 4.10. The van der Waals surface area contributed by atoms with Crippen molar-refractivity contribution in [2.75, 3.05) is 0 Å². The fraction of sp³-hybridized carbons (Fsp3) is 0.846. The highest BCUT2D eigenvalue weighted by Gasteiger charge is 2.41. The van der Waals surface area contributed by atoms with E-state index in [1.54, 1.807) is 0 Å². The van der Waals surface area contributed by atoms with E-state index in [2.05, 4.69) is 25.2 Å². The van der Waals surface area contributed by atoms with Crippen LogP contribution in [0.1, 0.15) is 46.0 Å². The molecule has 0 spiro atoms. The van der Waals surface area contributed by atoms with Gasteiger partial charge in [-0.05, 0) is 37.0 Å². The molecule has 2 atom stereocenters. The number of nitrogens with zero attached hydrogens (tertiary/aromatic N) is 1. The van der Waals surface area contributed by atoms with Crippen molar-refractivity contribution in [1.82, 2.24) is 5.32 Å². The molecule has 0 aromatic rings. The van der Waals surface area contributed by atoms with Gasteiger partial charge in [0.05, 0.1) is 6.07 Å². The molecule has 0 aliphatic heterocycles. The second-order valence-electron chi connectivity index (χ2n) is 5.89. The number of carbonyl (C=O) groups excluding carboxylic acids is 1. The topological polar surface area (TPSA) is 52.9 Å². The monoisotopic (exact) mass is 220 g/mol. The zero-order chi connectivity index (χ0) is 11.8. The molecule has 16 heavy (non-hydrogen) atoms. The third-order valence-electron chi connectivity index (χ3n) is 4.10. The SMILES string of the molecule is CC1(C)CCCC1C(=O)NC(C#N)C1CC1. The van der Waals surface area contributed by atoms with Gasteiger partial charge < -0.3 is 5.32 Å². The lowest BCUT2D eigenvalue weighted by molar-refractivity contribution is -0.128. The fourth-order valence-corrected chi connectivity index (χ4v) is 2.75. The van der Waals surface area contributed by atoms with Gasteiger partial charge in [-0.2, -0.15) is 5.26 Å². The molecule has 0 saturated heterocycles. The van der Waals surface area contributed by atoms with Crippen LogP contribution in [0.3, 0.4) is 0 Å². The van der Waals surface area contributed by atoms with Crippen LogP contribution in [0.15, 0.2) is 0 Å². The second kappa shape index (κ2) is 4.08. The Kier molecular flexibility index (Phi) is 2.92. The highest BCUT2D eigenvalue weighted by Crippen LogP contribution is 2.43. The van der Waals surface area contributed by atoms with Gasteiger partial charge in [0.25, 0.3) is 0 Å². The molecule has 2 saturated carbocycles. The van der Waals surface area contributed by atoms with Crippen LogP contribution in [0, 0.1) is 28.6 Å². The first kappa shape index (κ1) is 11.4. The summed E-state index contributed by atoms with van der Waals surface area (Å²) in [5, 5.41) is 11.9. The largest absolute Gasteiger partial charge is 0.340 e. The highest BCUT2D eigenvalue weighted by atomic mass is 16.2. The molecule has 0 aromatic carbocycles. The number of rotatable bonds is 3. The summed E-state index contributed by atoms with van der Waals surface area (Å²) in [5.74, 6) is 0.613. The average Bonchev–Trinajstić information content (AvgIpc) is 2.99. The predicted octanol–water partition coefficient (Wildman–Crippen LogP) is 2.23. The van der Waals surface area contributed by atoms with Crippen molar-refractivity contribution in [2.24, 2.45) is 17.3 Å². The highest BCUT2D eigenvalue weighted by molar-refractivity contribution is 5.80. The van der Waals surface area contributed by atoms with Gasteiger partial charge >= 0.3 is 0 Å². The number of nitrogens with one attached hydrogen (secondary N) is 1. The molecule has 88 valence electrons. The lowest BCUT2D eigenvalue weighted by Crippen LogP contribution is -2.42. The zero-order valence-electron chi connectivity index (χ0n) is 10.1. The lowest BCUT2D eigenvalue weighted by atomic mass is 9.81. The van der Waals surface area contributed by atoms with Crippen LogP contribution >= 0.6 is 0 Å². The molecule has 2 rings (SSSR count). The molecule has 3 nitrogen and oxygen atoms in total. The Morgan fingerprint density at radius 3 is 2.56 bits per heavy atom. The van der Waals surface area contributed by atoms with E-state index in [1.165, 1.54) is 0 Å². The van der Waals surface area contributed by atoms with Crippen LogP contribution in [0.25, 0.3) is 0 Å². The van der Waals surface area contributed by atoms with Crippen LogP contribution in [0.5, 0.6) is 0 Å². The van der Waals surface area contributed by atoms with E-state index in [0.717, 1.165) is 32.1 Å². The molecule has 0 bridgehead atoms. The maximum Gasteiger partial charge on any atom is 0.224 e. The Balaban J connectivity index is 1.95. The number of hydrogen-bond donors (Lipinski definition) is 1. The molecule has 0 heterocycles. The molecule has 2 fully saturated rings. The van der Waals surface area contributed by atoms with E-state index >= 15 is 0 Å². The standard InChI is InChI=1S/C13H20N2O/c1-13(2)7-3-4-10(13)12(16)15-11(8-14)9-5-6-9/h9-11H,3-7H2,1-2H3,(H,15,16). The maximum absolute atomic E-state index is 12.1. The molecular weight excluding hydrogens is 200 g/mol. The summed E-state index contributed by atoms with van der Waals surface area (Å²) in [6.45, 7) is 4.31. The van der Waals surface area contributed by atoms with Crippen LogP contribution < -0.4 is 5.32 Å². The smallest absolute Gasteiger partial charge is 0.224 e. The van der Waals surface area contributed by atoms with Crippen LogP contribution in [0.4, 0.5) is 0 Å². The molecule has 2 aliphatic rings. The Morgan fingerprint density at radius 1 is 1.44 bits per heavy atom. The molecule has 0 radical (unpaired) electrons. The fourth-order valence-electron chi connectivity index (χ4n) is 2.75. The van der Waals surface area contributed by atoms with Crippen molar-refractivity contribution in [3.63, 3.8) is 0 Å². The number of carbonyl (C=O) groups is 1. The van der Waals surface area contributed by atoms with Crippen molar-refractivity contribution in [1.29, 1.82) is 5.26 Å². The molecule has 1 N–H and O–H groups in total. The van der Waals surface area contributed by atoms with E-state index in [4.69, 9.17) is 5.26 Å². The molecule has 0 aromatic heterocycles. The van der Waals surface area contributed by atoms with Crippen LogP contribution in [0.2, 0.25) is 0 Å². The lowest BCUT2D eigenvalue weighted by Gasteiger charge is -2.26. The summed E-state index contributed by atoms with van der Waals surface area (Å²) in [5.41, 5.74) is 0.105. The number of nitriles is 1. The third kappa shape index (κ3) is 2.21. The number of hydrogen-bond acceptors (Lipinski definition) is 2. The van der Waals surface area contributed by atoms with Crippen LogP contribution in [-0.4, -0.2) is 11.9 Å². The minimum atomic E-state index is -0.246. The molecule has 3 heteroatoms. The summed E-state index contributed by atoms with van der Waals surface area (Å²) in [4.78, 5) is 12.1. The maximum atomic E-state index is 12.1. The van der Waals surface area contributed by atoms with Crippen molar-refractivity contribution in [3.8, 4) is 6.07 Å². The second-order valence-corrected chi connectivity index (χ2v) is 5.89. The zero-order valence-corrected chi connectivity index (χ0v) is 10.1. The van der Waals surface area contributed by atoms with Crippen molar-refractivity contribution in [3.05, 3.63) is 0 Å². The van der Waals surface area contributed by atoms with Gasteiger partial charge in [-0.3, -0.25) is 4.79 Å². The van der Waals surface area contributed by atoms with E-state index in [-0.39, 0.29) is 23.3 Å². The average molecular weight is 220 g/mol. The summed E-state index contributed by atoms with van der Waals surface area (Å²) in [7, 11) is 0. The summed E-state index contributed by atoms with van der Waals surface area (Å²) in [6.07, 6.45) is 5.40. The Bertz CT molecular complexity index is 325. The van der Waals surface area contributed by atoms with Gasteiger partial charge in [0.15, 0.2) is 0 Å². The minimum Gasteiger partial charge on any atom is -0.340 e. The Hall–Kier alpha value is -1.04. The summed E-state index contributed by atoms with van der Waals surface area (Å²) < 4.78 is 0. The minimum absolute atomic E-state index is 0.0981. The van der Waals surface area contributed by atoms with Crippen LogP contribution in [-0.2, 0) is 4.79 Å². The first-order valence-corrected chi connectivity index (χ1v) is 6.24. The van der Waals surface area contributed by atoms with E-state index in [9.17, 15) is 4.79 Å². The van der Waals surface area contributed by atoms with Gasteiger partial charge in [0.2, 0.25) is 5.91 Å². The van der Waals surface area contributed by atoms with Gasteiger partial charge in [0.1, 0.15) is 6.04 Å². The first-order chi connectivity index (χ1) is 7.54. The van der Waals surface area contributed by atoms with E-state index in [1.807, 2.05) is 0 Å². The van der Waals surface area contributed by atoms with Crippen molar-refractivity contribution in [2.45, 2.75) is 52.0 Å². The van der Waals surface area contributed by atoms with Gasteiger partial charge in [-0.15, -0.1) is 0 Å². The van der Waals surface area contributed by atoms with Crippen molar-refractivity contribution >= 4 is 5.91 Å². The van der Waals surface area contributed by atoms with E-state index < -0.39 is 0 Å². The summed E-state index contributed by atoms with van der Waals surface area (Å²) >= 11 is 0. The molecule has 2 aliphatic carbocycles. The Labute approximate surface area is 97.2 Å². The quantitative estimate of drug-likeness (QED) is 0.793. The Morgan fingerprint density at radius 2 is 2.12 bits per heavy atom. The predicted molar refractivity (Wildman–Crippen MR) is 61.4 cm³/mol. The van der Waals surface area contributed by atoms with Gasteiger partial charge in [-0.25, -0.2) is 0 Å². The number of amides is 1. The van der Waals surface area contributed by atoms with Gasteiger partial charge in [0, 0.05) is 5.92 Å². The normalized spacial score (nSPS) is 29.4. The van der Waals surface area contributed by atoms with Crippen molar-refractivity contribution < 1.29 is 4.79 Å². The molecule has 2 unspecified atom stereocenters. The van der Waals surface area contributed by atoms with Gasteiger partial charge in [-0.1, -0.05) is 20.3 Å². The van der Waals surface area contributed by atoms with E-state index in [0.29, 0.717) is 5.92 Å².